The Morgan fingerprint density at radius 3 is 2.96 bits per heavy atom. The zero-order valence-electron chi connectivity index (χ0n) is 14.4. The number of rotatable bonds is 3. The zero-order valence-corrected chi connectivity index (χ0v) is 14.4. The number of aryl methyl sites for hydroxylation is 1. The fraction of sp³-hybridized carbons (Fsp3) is 0.368. The molecule has 1 N–H and O–H groups in total. The number of carbonyl (C=O) groups is 1. The van der Waals surface area contributed by atoms with Crippen molar-refractivity contribution in [3.05, 3.63) is 53.2 Å². The van der Waals surface area contributed by atoms with Crippen molar-refractivity contribution in [3.8, 4) is 5.75 Å². The van der Waals surface area contributed by atoms with Gasteiger partial charge in [-0.3, -0.25) is 4.79 Å². The predicted molar refractivity (Wildman–Crippen MR) is 94.4 cm³/mol. The van der Waals surface area contributed by atoms with E-state index in [0.717, 1.165) is 16.9 Å². The summed E-state index contributed by atoms with van der Waals surface area (Å²) in [6.45, 7) is 7.70. The standard InChI is InChI=1S/C19H23N3O2/c1-13(2)21-18-16(5-4-8-20-18)19(23)22-9-10-24-17-7-6-14(3)11-15(17)12-22/h4-8,11,13H,9-10,12H2,1-3H3,(H,20,21). The van der Waals surface area contributed by atoms with Crippen LogP contribution in [0.25, 0.3) is 0 Å². The fourth-order valence-corrected chi connectivity index (χ4v) is 2.83. The molecule has 3 rings (SSSR count). The van der Waals surface area contributed by atoms with Crippen LogP contribution in [0, 0.1) is 6.92 Å². The lowest BCUT2D eigenvalue weighted by Crippen LogP contribution is -2.33. The first-order valence-corrected chi connectivity index (χ1v) is 8.28. The molecule has 1 aromatic heterocycles. The maximum Gasteiger partial charge on any atom is 0.258 e. The van der Waals surface area contributed by atoms with Gasteiger partial charge in [0, 0.05) is 24.3 Å². The Labute approximate surface area is 142 Å². The molecule has 126 valence electrons. The number of anilines is 1. The molecule has 5 heteroatoms. The molecule has 0 radical (unpaired) electrons. The minimum Gasteiger partial charge on any atom is -0.491 e. The molecule has 0 saturated carbocycles. The number of ether oxygens (including phenoxy) is 1. The Kier molecular flexibility index (Phi) is 4.69. The molecule has 0 bridgehead atoms. The first-order valence-electron chi connectivity index (χ1n) is 8.28. The summed E-state index contributed by atoms with van der Waals surface area (Å²) in [6.07, 6.45) is 1.70. The first-order chi connectivity index (χ1) is 11.5. The van der Waals surface area contributed by atoms with Crippen LogP contribution in [0.15, 0.2) is 36.5 Å². The van der Waals surface area contributed by atoms with Gasteiger partial charge in [0.15, 0.2) is 0 Å². The van der Waals surface area contributed by atoms with Crippen molar-refractivity contribution < 1.29 is 9.53 Å². The Morgan fingerprint density at radius 2 is 2.17 bits per heavy atom. The van der Waals surface area contributed by atoms with E-state index in [4.69, 9.17) is 4.74 Å². The average Bonchev–Trinajstić information content (AvgIpc) is 2.76. The number of benzene rings is 1. The highest BCUT2D eigenvalue weighted by Crippen LogP contribution is 2.26. The van der Waals surface area contributed by atoms with E-state index < -0.39 is 0 Å². The van der Waals surface area contributed by atoms with Crippen molar-refractivity contribution in [3.63, 3.8) is 0 Å². The van der Waals surface area contributed by atoms with Crippen molar-refractivity contribution in [2.45, 2.75) is 33.4 Å². The SMILES string of the molecule is Cc1ccc2c(c1)CN(C(=O)c1cccnc1NC(C)C)CCO2. The number of amides is 1. The van der Waals surface area contributed by atoms with E-state index in [0.29, 0.717) is 31.1 Å². The van der Waals surface area contributed by atoms with E-state index in [1.54, 1.807) is 12.3 Å². The molecule has 0 saturated heterocycles. The summed E-state index contributed by atoms with van der Waals surface area (Å²) < 4.78 is 5.79. The lowest BCUT2D eigenvalue weighted by Gasteiger charge is -2.22. The minimum absolute atomic E-state index is 0.0239. The van der Waals surface area contributed by atoms with Gasteiger partial charge >= 0.3 is 0 Å². The van der Waals surface area contributed by atoms with Gasteiger partial charge < -0.3 is 15.0 Å². The number of aromatic nitrogens is 1. The van der Waals surface area contributed by atoms with Gasteiger partial charge in [0.2, 0.25) is 0 Å². The monoisotopic (exact) mass is 325 g/mol. The highest BCUT2D eigenvalue weighted by molar-refractivity contribution is 5.98. The fourth-order valence-electron chi connectivity index (χ4n) is 2.83. The summed E-state index contributed by atoms with van der Waals surface area (Å²) >= 11 is 0. The quantitative estimate of drug-likeness (QED) is 0.941. The topological polar surface area (TPSA) is 54.5 Å². The molecule has 0 unspecified atom stereocenters. The zero-order chi connectivity index (χ0) is 17.1. The maximum atomic E-state index is 13.0. The van der Waals surface area contributed by atoms with Crippen LogP contribution in [-0.2, 0) is 6.54 Å². The molecule has 0 fully saturated rings. The number of hydrogen-bond acceptors (Lipinski definition) is 4. The van der Waals surface area contributed by atoms with E-state index in [9.17, 15) is 4.79 Å². The number of carbonyl (C=O) groups excluding carboxylic acids is 1. The second kappa shape index (κ2) is 6.91. The van der Waals surface area contributed by atoms with E-state index in [1.165, 1.54) is 0 Å². The van der Waals surface area contributed by atoms with Crippen molar-refractivity contribution in [2.24, 2.45) is 0 Å². The largest absolute Gasteiger partial charge is 0.491 e. The van der Waals surface area contributed by atoms with E-state index in [2.05, 4.69) is 16.4 Å². The third-order valence-electron chi connectivity index (χ3n) is 3.95. The third kappa shape index (κ3) is 3.50. The molecule has 1 amide bonds. The summed E-state index contributed by atoms with van der Waals surface area (Å²) in [6, 6.07) is 9.92. The van der Waals surface area contributed by atoms with Crippen LogP contribution in [0.4, 0.5) is 5.82 Å². The second-order valence-electron chi connectivity index (χ2n) is 6.38. The van der Waals surface area contributed by atoms with Crippen LogP contribution >= 0.6 is 0 Å². The molecule has 1 aliphatic rings. The number of nitrogens with zero attached hydrogens (tertiary/aromatic N) is 2. The summed E-state index contributed by atoms with van der Waals surface area (Å²) in [4.78, 5) is 19.2. The van der Waals surface area contributed by atoms with E-state index in [1.807, 2.05) is 43.9 Å². The smallest absolute Gasteiger partial charge is 0.258 e. The molecule has 5 nitrogen and oxygen atoms in total. The van der Waals surface area contributed by atoms with E-state index in [-0.39, 0.29) is 11.9 Å². The Bertz CT molecular complexity index is 743. The number of hydrogen-bond donors (Lipinski definition) is 1. The van der Waals surface area contributed by atoms with Gasteiger partial charge in [0.05, 0.1) is 12.1 Å². The number of fused-ring (bicyclic) bond motifs is 1. The van der Waals surface area contributed by atoms with Crippen molar-refractivity contribution in [2.75, 3.05) is 18.5 Å². The summed E-state index contributed by atoms with van der Waals surface area (Å²) in [5, 5.41) is 3.25. The number of nitrogens with one attached hydrogen (secondary N) is 1. The van der Waals surface area contributed by atoms with Crippen LogP contribution in [0.3, 0.4) is 0 Å². The Hall–Kier alpha value is -2.56. The van der Waals surface area contributed by atoms with Crippen LogP contribution in [0.5, 0.6) is 5.75 Å². The number of pyridine rings is 1. The van der Waals surface area contributed by atoms with E-state index >= 15 is 0 Å². The molecular weight excluding hydrogens is 302 g/mol. The van der Waals surface area contributed by atoms with Crippen molar-refractivity contribution >= 4 is 11.7 Å². The predicted octanol–water partition coefficient (Wildman–Crippen LogP) is 3.25. The molecule has 2 heterocycles. The molecular formula is C19H23N3O2. The molecule has 1 aromatic carbocycles. The maximum absolute atomic E-state index is 13.0. The van der Waals surface area contributed by atoms with Gasteiger partial charge in [-0.15, -0.1) is 0 Å². The lowest BCUT2D eigenvalue weighted by atomic mass is 10.1. The van der Waals surface area contributed by atoms with Crippen molar-refractivity contribution in [1.29, 1.82) is 0 Å². The van der Waals surface area contributed by atoms with Crippen LogP contribution < -0.4 is 10.1 Å². The Morgan fingerprint density at radius 1 is 1.33 bits per heavy atom. The first kappa shape index (κ1) is 16.3. The average molecular weight is 325 g/mol. The van der Waals surface area contributed by atoms with Gasteiger partial charge in [-0.05, 0) is 39.0 Å². The molecule has 1 aliphatic heterocycles. The normalized spacial score (nSPS) is 13.9. The summed E-state index contributed by atoms with van der Waals surface area (Å²) in [5.74, 6) is 1.47. The molecule has 0 aliphatic carbocycles. The van der Waals surface area contributed by atoms with Gasteiger partial charge in [0.25, 0.3) is 5.91 Å². The third-order valence-corrected chi connectivity index (χ3v) is 3.95. The van der Waals surface area contributed by atoms with Crippen LogP contribution in [0.2, 0.25) is 0 Å². The highest BCUT2D eigenvalue weighted by atomic mass is 16.5. The van der Waals surface area contributed by atoms with Gasteiger partial charge in [-0.1, -0.05) is 17.7 Å². The summed E-state index contributed by atoms with van der Waals surface area (Å²) in [5.41, 5.74) is 2.81. The molecule has 2 aromatic rings. The molecule has 0 spiro atoms. The minimum atomic E-state index is -0.0239. The van der Waals surface area contributed by atoms with Gasteiger partial charge in [-0.2, -0.15) is 0 Å². The lowest BCUT2D eigenvalue weighted by molar-refractivity contribution is 0.0734. The van der Waals surface area contributed by atoms with Crippen molar-refractivity contribution in [1.82, 2.24) is 9.88 Å². The molecule has 24 heavy (non-hydrogen) atoms. The highest BCUT2D eigenvalue weighted by Gasteiger charge is 2.23. The second-order valence-corrected chi connectivity index (χ2v) is 6.38. The molecule has 0 atom stereocenters. The van der Waals surface area contributed by atoms with Gasteiger partial charge in [0.1, 0.15) is 18.2 Å². The van der Waals surface area contributed by atoms with Crippen LogP contribution in [0.1, 0.15) is 35.3 Å². The van der Waals surface area contributed by atoms with Gasteiger partial charge in [-0.25, -0.2) is 4.98 Å². The summed E-state index contributed by atoms with van der Waals surface area (Å²) in [7, 11) is 0. The Balaban J connectivity index is 1.88. The van der Waals surface area contributed by atoms with Crippen LogP contribution in [-0.4, -0.2) is 35.0 Å².